The molecule has 3 aliphatic rings. The summed E-state index contributed by atoms with van der Waals surface area (Å²) in [6, 6.07) is 5.84. The highest BCUT2D eigenvalue weighted by atomic mass is 16.7. The van der Waals surface area contributed by atoms with Crippen LogP contribution in [0.2, 0.25) is 0 Å². The molecule has 1 aromatic rings. The first-order chi connectivity index (χ1) is 14.8. The second-order valence-electron chi connectivity index (χ2n) is 8.59. The van der Waals surface area contributed by atoms with E-state index in [1.54, 1.807) is 20.3 Å². The molecule has 2 aliphatic carbocycles. The summed E-state index contributed by atoms with van der Waals surface area (Å²) in [5, 5.41) is 11.7. The Morgan fingerprint density at radius 1 is 1.32 bits per heavy atom. The number of fused-ring (bicyclic) bond motifs is 3. The third kappa shape index (κ3) is 3.05. The number of ether oxygens (including phenoxy) is 5. The Balaban J connectivity index is 1.83. The molecule has 31 heavy (non-hydrogen) atoms. The quantitative estimate of drug-likeness (QED) is 0.526. The predicted molar refractivity (Wildman–Crippen MR) is 113 cm³/mol. The lowest BCUT2D eigenvalue weighted by Crippen LogP contribution is -2.61. The number of hydrogen-bond acceptors (Lipinski definition) is 7. The van der Waals surface area contributed by atoms with Gasteiger partial charge < -0.3 is 28.8 Å². The number of hydrogen-bond donors (Lipinski definition) is 1. The van der Waals surface area contributed by atoms with Gasteiger partial charge in [0.25, 0.3) is 0 Å². The molecule has 6 atom stereocenters. The number of allylic oxidation sites excluding steroid dienone is 1. The molecule has 0 aromatic heterocycles. The second kappa shape index (κ2) is 7.88. The molecule has 0 radical (unpaired) electrons. The van der Waals surface area contributed by atoms with Gasteiger partial charge in [-0.1, -0.05) is 19.1 Å². The van der Waals surface area contributed by atoms with Gasteiger partial charge >= 0.3 is 5.97 Å². The number of carbonyl (C=O) groups excluding carboxylic acids is 1. The molecule has 7 heteroatoms. The fraction of sp³-hybridized carbons (Fsp3) is 0.542. The van der Waals surface area contributed by atoms with E-state index in [1.807, 2.05) is 24.3 Å². The fourth-order valence-electron chi connectivity index (χ4n) is 5.86. The van der Waals surface area contributed by atoms with Crippen LogP contribution in [0.4, 0.5) is 0 Å². The van der Waals surface area contributed by atoms with Crippen molar-refractivity contribution < 1.29 is 33.6 Å². The van der Waals surface area contributed by atoms with Crippen LogP contribution in [-0.2, 0) is 25.4 Å². The van der Waals surface area contributed by atoms with Crippen molar-refractivity contribution in [2.24, 2.45) is 17.3 Å². The summed E-state index contributed by atoms with van der Waals surface area (Å²) in [4.78, 5) is 12.0. The van der Waals surface area contributed by atoms with Crippen LogP contribution in [0.5, 0.6) is 11.5 Å². The van der Waals surface area contributed by atoms with Crippen LogP contribution >= 0.6 is 0 Å². The highest BCUT2D eigenvalue weighted by molar-refractivity contribution is 5.67. The summed E-state index contributed by atoms with van der Waals surface area (Å²) in [5.41, 5.74) is -0.808. The Morgan fingerprint density at radius 3 is 2.71 bits per heavy atom. The van der Waals surface area contributed by atoms with E-state index < -0.39 is 29.2 Å². The van der Waals surface area contributed by atoms with Gasteiger partial charge in [-0.25, -0.2) is 0 Å². The van der Waals surface area contributed by atoms with Crippen LogP contribution in [0, 0.1) is 17.3 Å². The third-order valence-electron chi connectivity index (χ3n) is 7.31. The van der Waals surface area contributed by atoms with Crippen molar-refractivity contribution >= 4 is 5.97 Å². The topological polar surface area (TPSA) is 83.5 Å². The minimum atomic E-state index is -1.18. The minimum absolute atomic E-state index is 0.0171. The Kier molecular flexibility index (Phi) is 5.52. The van der Waals surface area contributed by atoms with Gasteiger partial charge in [-0.05, 0) is 42.5 Å². The number of aliphatic hydroxyl groups is 1. The molecule has 1 aromatic carbocycles. The van der Waals surface area contributed by atoms with Crippen molar-refractivity contribution in [1.29, 1.82) is 0 Å². The van der Waals surface area contributed by atoms with Gasteiger partial charge in [0.1, 0.15) is 11.4 Å². The van der Waals surface area contributed by atoms with E-state index in [0.717, 1.165) is 5.56 Å². The Labute approximate surface area is 182 Å². The molecule has 1 aliphatic heterocycles. The maximum atomic E-state index is 12.0. The summed E-state index contributed by atoms with van der Waals surface area (Å²) >= 11 is 0. The molecule has 1 N–H and O–H groups in total. The highest BCUT2D eigenvalue weighted by Crippen LogP contribution is 2.63. The average Bonchev–Trinajstić information content (AvgIpc) is 3.25. The fourth-order valence-corrected chi connectivity index (χ4v) is 5.86. The van der Waals surface area contributed by atoms with Crippen LogP contribution in [0.3, 0.4) is 0 Å². The Morgan fingerprint density at radius 2 is 2.06 bits per heavy atom. The van der Waals surface area contributed by atoms with Crippen molar-refractivity contribution in [3.63, 3.8) is 0 Å². The lowest BCUT2D eigenvalue weighted by molar-refractivity contribution is -0.206. The highest BCUT2D eigenvalue weighted by Gasteiger charge is 2.72. The maximum Gasteiger partial charge on any atom is 0.303 e. The van der Waals surface area contributed by atoms with E-state index in [9.17, 15) is 9.90 Å². The largest absolute Gasteiger partial charge is 0.497 e. The minimum Gasteiger partial charge on any atom is -0.497 e. The molecule has 2 bridgehead atoms. The normalized spacial score (nSPS) is 35.5. The maximum absolute atomic E-state index is 12.0. The first-order valence-corrected chi connectivity index (χ1v) is 10.5. The second-order valence-corrected chi connectivity index (χ2v) is 8.59. The lowest BCUT2D eigenvalue weighted by Gasteiger charge is -2.47. The molecule has 0 amide bonds. The van der Waals surface area contributed by atoms with Gasteiger partial charge in [-0.15, -0.1) is 6.58 Å². The summed E-state index contributed by atoms with van der Waals surface area (Å²) in [6.45, 7) is 7.57. The summed E-state index contributed by atoms with van der Waals surface area (Å²) < 4.78 is 28.5. The summed E-state index contributed by atoms with van der Waals surface area (Å²) in [5.74, 6) is 1.25. The molecule has 7 nitrogen and oxygen atoms in total. The zero-order valence-electron chi connectivity index (χ0n) is 18.4. The van der Waals surface area contributed by atoms with E-state index in [1.165, 1.54) is 6.92 Å². The van der Waals surface area contributed by atoms with Crippen molar-refractivity contribution in [2.45, 2.75) is 44.5 Å². The van der Waals surface area contributed by atoms with Crippen molar-refractivity contribution in [2.75, 3.05) is 21.0 Å². The molecule has 0 saturated heterocycles. The molecule has 1 fully saturated rings. The van der Waals surface area contributed by atoms with Crippen LogP contribution in [0.1, 0.15) is 25.8 Å². The predicted octanol–water partition coefficient (Wildman–Crippen LogP) is 3.01. The average molecular weight is 430 g/mol. The third-order valence-corrected chi connectivity index (χ3v) is 7.31. The van der Waals surface area contributed by atoms with Gasteiger partial charge in [-0.2, -0.15) is 0 Å². The molecule has 1 saturated carbocycles. The number of esters is 1. The van der Waals surface area contributed by atoms with Crippen LogP contribution in [-0.4, -0.2) is 49.9 Å². The van der Waals surface area contributed by atoms with E-state index in [4.69, 9.17) is 23.7 Å². The zero-order valence-corrected chi connectivity index (χ0v) is 18.4. The molecule has 4 rings (SSSR count). The number of benzene rings is 1. The van der Waals surface area contributed by atoms with E-state index >= 15 is 0 Å². The first kappa shape index (κ1) is 21.7. The van der Waals surface area contributed by atoms with Gasteiger partial charge in [0, 0.05) is 25.4 Å². The van der Waals surface area contributed by atoms with Crippen molar-refractivity contribution in [3.8, 4) is 11.5 Å². The standard InChI is InChI=1S/C24H30O7/c1-6-9-23-12-20(27-4)21(31-15(3)25)24(28-5,22(23)26)17(14(23)2)10-16-7-8-18-19(11-16)30-13-29-18/h6-8,11-12,14,17,21-22,26H,1,9-10,13H2,2-5H3/t14-,17-,21+,22-,23+,24-/m1/s1. The molecular weight excluding hydrogens is 400 g/mol. The van der Waals surface area contributed by atoms with Crippen LogP contribution in [0.15, 0.2) is 42.7 Å². The number of carbonyl (C=O) groups is 1. The summed E-state index contributed by atoms with van der Waals surface area (Å²) in [6.07, 6.45) is 3.06. The molecule has 0 unspecified atom stereocenters. The van der Waals surface area contributed by atoms with E-state index in [2.05, 4.69) is 13.5 Å². The molecule has 0 spiro atoms. The molecule has 168 valence electrons. The number of methoxy groups -OCH3 is 2. The molecule has 1 heterocycles. The molecular formula is C24H30O7. The summed E-state index contributed by atoms with van der Waals surface area (Å²) in [7, 11) is 3.10. The van der Waals surface area contributed by atoms with E-state index in [0.29, 0.717) is 30.1 Å². The smallest absolute Gasteiger partial charge is 0.303 e. The van der Waals surface area contributed by atoms with Gasteiger partial charge in [0.05, 0.1) is 13.2 Å². The number of aliphatic hydroxyl groups excluding tert-OH is 1. The van der Waals surface area contributed by atoms with Crippen molar-refractivity contribution in [3.05, 3.63) is 48.3 Å². The van der Waals surface area contributed by atoms with Crippen LogP contribution < -0.4 is 9.47 Å². The van der Waals surface area contributed by atoms with Crippen molar-refractivity contribution in [1.82, 2.24) is 0 Å². The van der Waals surface area contributed by atoms with E-state index in [-0.39, 0.29) is 18.6 Å². The zero-order chi connectivity index (χ0) is 22.4. The van der Waals surface area contributed by atoms with Gasteiger partial charge in [-0.3, -0.25) is 4.79 Å². The number of rotatable bonds is 7. The van der Waals surface area contributed by atoms with Crippen LogP contribution in [0.25, 0.3) is 0 Å². The monoisotopic (exact) mass is 430 g/mol. The Hall–Kier alpha value is -2.51. The van der Waals surface area contributed by atoms with Gasteiger partial charge in [0.15, 0.2) is 17.6 Å². The lowest BCUT2D eigenvalue weighted by atomic mass is 9.69. The Bertz CT molecular complexity index is 909. The first-order valence-electron chi connectivity index (χ1n) is 10.5. The van der Waals surface area contributed by atoms with Gasteiger partial charge in [0.2, 0.25) is 6.79 Å². The SMILES string of the molecule is C=CC[C@]12C=C(OC)[C@H](OC(C)=O)[C@](OC)([C@H](Cc3ccc4c(c3)OCO4)[C@H]1C)[C@@H]2O.